The monoisotopic (exact) mass is 280 g/mol. The van der Waals surface area contributed by atoms with Crippen molar-refractivity contribution >= 4 is 22.8 Å². The molecule has 1 aliphatic carbocycles. The fraction of sp³-hybridized carbons (Fsp3) is 0.615. The summed E-state index contributed by atoms with van der Waals surface area (Å²) in [4.78, 5) is 13.1. The molecule has 0 unspecified atom stereocenters. The predicted octanol–water partition coefficient (Wildman–Crippen LogP) is 2.86. The number of alkyl halides is 1. The second kappa shape index (κ2) is 4.63. The molecule has 0 N–H and O–H groups in total. The smallest absolute Gasteiger partial charge is 0.245 e. The number of halogens is 1. The lowest BCUT2D eigenvalue weighted by atomic mass is 10.0. The SMILES string of the molecule is COc1ncnc2c1nc(CCl)n2C1(C)CCCC1. The molecule has 2 heterocycles. The molecule has 102 valence electrons. The molecule has 6 heteroatoms. The number of rotatable bonds is 3. The van der Waals surface area contributed by atoms with Crippen LogP contribution in [0.3, 0.4) is 0 Å². The Balaban J connectivity index is 2.27. The van der Waals surface area contributed by atoms with Crippen molar-refractivity contribution in [2.75, 3.05) is 7.11 Å². The maximum Gasteiger partial charge on any atom is 0.245 e. The van der Waals surface area contributed by atoms with Gasteiger partial charge in [-0.25, -0.2) is 9.97 Å². The van der Waals surface area contributed by atoms with Crippen LogP contribution in [0.2, 0.25) is 0 Å². The predicted molar refractivity (Wildman–Crippen MR) is 73.5 cm³/mol. The lowest BCUT2D eigenvalue weighted by molar-refractivity contribution is 0.329. The van der Waals surface area contributed by atoms with Gasteiger partial charge in [0.15, 0.2) is 11.2 Å². The Morgan fingerprint density at radius 2 is 2.11 bits per heavy atom. The van der Waals surface area contributed by atoms with Crippen LogP contribution < -0.4 is 4.74 Å². The topological polar surface area (TPSA) is 52.8 Å². The van der Waals surface area contributed by atoms with Gasteiger partial charge in [-0.1, -0.05) is 12.8 Å². The molecule has 2 aromatic rings. The summed E-state index contributed by atoms with van der Waals surface area (Å²) in [5, 5.41) is 0. The van der Waals surface area contributed by atoms with E-state index in [1.165, 1.54) is 19.2 Å². The van der Waals surface area contributed by atoms with Crippen molar-refractivity contribution in [2.45, 2.75) is 44.0 Å². The quantitative estimate of drug-likeness (QED) is 0.811. The molecule has 1 aliphatic rings. The van der Waals surface area contributed by atoms with E-state index in [0.717, 1.165) is 24.3 Å². The number of imidazole rings is 1. The maximum atomic E-state index is 6.07. The molecule has 0 aliphatic heterocycles. The molecule has 0 radical (unpaired) electrons. The molecule has 1 saturated carbocycles. The van der Waals surface area contributed by atoms with Crippen LogP contribution in [0.1, 0.15) is 38.4 Å². The summed E-state index contributed by atoms with van der Waals surface area (Å²) in [6.07, 6.45) is 6.26. The van der Waals surface area contributed by atoms with Crippen molar-refractivity contribution in [2.24, 2.45) is 0 Å². The van der Waals surface area contributed by atoms with Crippen LogP contribution in [-0.4, -0.2) is 26.6 Å². The second-order valence-electron chi connectivity index (χ2n) is 5.26. The summed E-state index contributed by atoms with van der Waals surface area (Å²) in [5.74, 6) is 1.73. The van der Waals surface area contributed by atoms with Crippen LogP contribution in [0, 0.1) is 0 Å². The largest absolute Gasteiger partial charge is 0.479 e. The first kappa shape index (κ1) is 12.7. The highest BCUT2D eigenvalue weighted by atomic mass is 35.5. The molecule has 0 saturated heterocycles. The lowest BCUT2D eigenvalue weighted by Crippen LogP contribution is -2.28. The number of ether oxygens (including phenoxy) is 1. The van der Waals surface area contributed by atoms with Crippen LogP contribution in [0.4, 0.5) is 0 Å². The number of hydrogen-bond donors (Lipinski definition) is 0. The molecule has 0 atom stereocenters. The first-order valence-corrected chi connectivity index (χ1v) is 7.06. The molecule has 0 bridgehead atoms. The fourth-order valence-electron chi connectivity index (χ4n) is 3.08. The Morgan fingerprint density at radius 3 is 2.74 bits per heavy atom. The van der Waals surface area contributed by atoms with Gasteiger partial charge in [-0.2, -0.15) is 4.98 Å². The van der Waals surface area contributed by atoms with Crippen molar-refractivity contribution in [3.05, 3.63) is 12.2 Å². The Morgan fingerprint density at radius 1 is 1.37 bits per heavy atom. The molecule has 1 fully saturated rings. The minimum Gasteiger partial charge on any atom is -0.479 e. The van der Waals surface area contributed by atoms with Crippen molar-refractivity contribution in [3.8, 4) is 5.88 Å². The van der Waals surface area contributed by atoms with Gasteiger partial charge in [0.05, 0.1) is 13.0 Å². The number of nitrogens with zero attached hydrogens (tertiary/aromatic N) is 4. The normalized spacial score (nSPS) is 18.1. The Labute approximate surface area is 117 Å². The summed E-state index contributed by atoms with van der Waals surface area (Å²) in [7, 11) is 1.60. The first-order valence-electron chi connectivity index (χ1n) is 6.52. The third kappa shape index (κ3) is 1.87. The number of aromatic nitrogens is 4. The second-order valence-corrected chi connectivity index (χ2v) is 5.52. The maximum absolute atomic E-state index is 6.07. The van der Waals surface area contributed by atoms with Gasteiger partial charge in [-0.05, 0) is 19.8 Å². The highest BCUT2D eigenvalue weighted by molar-refractivity contribution is 6.16. The van der Waals surface area contributed by atoms with E-state index < -0.39 is 0 Å². The van der Waals surface area contributed by atoms with E-state index >= 15 is 0 Å². The summed E-state index contributed by atoms with van der Waals surface area (Å²) in [5.41, 5.74) is 1.58. The summed E-state index contributed by atoms with van der Waals surface area (Å²) in [6.45, 7) is 2.26. The Hall–Kier alpha value is -1.36. The van der Waals surface area contributed by atoms with Crippen molar-refractivity contribution < 1.29 is 4.74 Å². The average molecular weight is 281 g/mol. The van der Waals surface area contributed by atoms with Gasteiger partial charge in [0, 0.05) is 5.54 Å². The van der Waals surface area contributed by atoms with E-state index in [2.05, 4.69) is 26.4 Å². The fourth-order valence-corrected chi connectivity index (χ4v) is 3.26. The summed E-state index contributed by atoms with van der Waals surface area (Å²) in [6, 6.07) is 0. The number of hydrogen-bond acceptors (Lipinski definition) is 4. The van der Waals surface area contributed by atoms with Crippen LogP contribution in [-0.2, 0) is 11.4 Å². The van der Waals surface area contributed by atoms with Crippen LogP contribution in [0.5, 0.6) is 5.88 Å². The zero-order chi connectivity index (χ0) is 13.5. The van der Waals surface area contributed by atoms with Gasteiger partial charge in [-0.3, -0.25) is 0 Å². The van der Waals surface area contributed by atoms with Gasteiger partial charge in [0.2, 0.25) is 5.88 Å². The number of fused-ring (bicyclic) bond motifs is 1. The van der Waals surface area contributed by atoms with E-state index in [0.29, 0.717) is 17.3 Å². The Kier molecular flexibility index (Phi) is 3.09. The molecule has 5 nitrogen and oxygen atoms in total. The summed E-state index contributed by atoms with van der Waals surface area (Å²) >= 11 is 6.07. The molecule has 0 amide bonds. The molecule has 0 spiro atoms. The van der Waals surface area contributed by atoms with Crippen molar-refractivity contribution in [1.82, 2.24) is 19.5 Å². The lowest BCUT2D eigenvalue weighted by Gasteiger charge is -2.27. The number of methoxy groups -OCH3 is 1. The van der Waals surface area contributed by atoms with E-state index in [1.54, 1.807) is 7.11 Å². The molecule has 0 aromatic carbocycles. The van der Waals surface area contributed by atoms with Crippen LogP contribution >= 0.6 is 11.6 Å². The molecule has 19 heavy (non-hydrogen) atoms. The minimum absolute atomic E-state index is 0.0539. The van der Waals surface area contributed by atoms with Crippen LogP contribution in [0.25, 0.3) is 11.2 Å². The highest BCUT2D eigenvalue weighted by Crippen LogP contribution is 2.39. The highest BCUT2D eigenvalue weighted by Gasteiger charge is 2.34. The van der Waals surface area contributed by atoms with E-state index in [9.17, 15) is 0 Å². The third-order valence-corrected chi connectivity index (χ3v) is 4.25. The standard InChI is InChI=1S/C13H17ClN4O/c1-13(5-3-4-6-13)18-9(7-14)17-10-11(18)15-8-16-12(10)19-2/h8H,3-7H2,1-2H3. The third-order valence-electron chi connectivity index (χ3n) is 4.01. The van der Waals surface area contributed by atoms with E-state index in [4.69, 9.17) is 16.3 Å². The van der Waals surface area contributed by atoms with Gasteiger partial charge >= 0.3 is 0 Å². The van der Waals surface area contributed by atoms with Gasteiger partial charge in [0.1, 0.15) is 12.2 Å². The molecular weight excluding hydrogens is 264 g/mol. The molecule has 2 aromatic heterocycles. The van der Waals surface area contributed by atoms with E-state index in [1.807, 2.05) is 0 Å². The summed E-state index contributed by atoms with van der Waals surface area (Å²) < 4.78 is 7.45. The minimum atomic E-state index is 0.0539. The zero-order valence-electron chi connectivity index (χ0n) is 11.2. The molecular formula is C13H17ClN4O. The van der Waals surface area contributed by atoms with Gasteiger partial charge in [0.25, 0.3) is 0 Å². The van der Waals surface area contributed by atoms with Crippen molar-refractivity contribution in [1.29, 1.82) is 0 Å². The molecule has 3 rings (SSSR count). The Bertz CT molecular complexity index is 604. The van der Waals surface area contributed by atoms with E-state index in [-0.39, 0.29) is 5.54 Å². The van der Waals surface area contributed by atoms with Gasteiger partial charge in [-0.15, -0.1) is 11.6 Å². The van der Waals surface area contributed by atoms with Crippen LogP contribution in [0.15, 0.2) is 6.33 Å². The van der Waals surface area contributed by atoms with Gasteiger partial charge < -0.3 is 9.30 Å². The van der Waals surface area contributed by atoms with Crippen molar-refractivity contribution in [3.63, 3.8) is 0 Å². The zero-order valence-corrected chi connectivity index (χ0v) is 11.9. The average Bonchev–Trinajstić information content (AvgIpc) is 3.02. The first-order chi connectivity index (χ1) is 9.19.